The molecule has 2 heterocycles. The lowest BCUT2D eigenvalue weighted by Gasteiger charge is -2.33. The Balaban J connectivity index is 1.86. The number of pyridine rings is 1. The van der Waals surface area contributed by atoms with Crippen molar-refractivity contribution in [1.82, 2.24) is 9.88 Å². The third-order valence-electron chi connectivity index (χ3n) is 5.64. The van der Waals surface area contributed by atoms with E-state index in [0.29, 0.717) is 41.5 Å². The summed E-state index contributed by atoms with van der Waals surface area (Å²) in [6, 6.07) is 17.5. The smallest absolute Gasteiger partial charge is 0.255 e. The van der Waals surface area contributed by atoms with E-state index in [1.54, 1.807) is 54.6 Å². The van der Waals surface area contributed by atoms with Crippen LogP contribution < -0.4 is 15.2 Å². The van der Waals surface area contributed by atoms with Crippen LogP contribution in [0, 0.1) is 0 Å². The molecule has 7 nitrogen and oxygen atoms in total. The standard InChI is InChI=1S/C25H25N3O4/c1-3-32-20-12-11-16(14-21(20)31-2)23(22(24(26)29)19-10-6-7-13-27-19)28-15-17-8-4-5-9-18(17)25(28)30/h4-14,22-23H,3,15H2,1-2H3,(H2,26,29). The molecule has 2 unspecified atom stereocenters. The van der Waals surface area contributed by atoms with E-state index in [0.717, 1.165) is 5.56 Å². The SMILES string of the molecule is CCOc1ccc(C(C(C(N)=O)c2ccccn2)N2Cc3ccccc3C2=O)cc1OC. The van der Waals surface area contributed by atoms with Gasteiger partial charge in [0.2, 0.25) is 5.91 Å². The highest BCUT2D eigenvalue weighted by Gasteiger charge is 2.41. The third kappa shape index (κ3) is 3.89. The van der Waals surface area contributed by atoms with E-state index >= 15 is 0 Å². The zero-order chi connectivity index (χ0) is 22.7. The van der Waals surface area contributed by atoms with Crippen LogP contribution >= 0.6 is 0 Å². The van der Waals surface area contributed by atoms with Crippen molar-refractivity contribution in [2.75, 3.05) is 13.7 Å². The number of ether oxygens (including phenoxy) is 2. The van der Waals surface area contributed by atoms with Crippen molar-refractivity contribution < 1.29 is 19.1 Å². The van der Waals surface area contributed by atoms with E-state index in [1.165, 1.54) is 0 Å². The number of hydrogen-bond acceptors (Lipinski definition) is 5. The molecule has 0 bridgehead atoms. The average molecular weight is 431 g/mol. The fourth-order valence-corrected chi connectivity index (χ4v) is 4.22. The Hall–Kier alpha value is -3.87. The molecule has 0 spiro atoms. The van der Waals surface area contributed by atoms with Crippen LogP contribution in [0.2, 0.25) is 0 Å². The van der Waals surface area contributed by atoms with Crippen molar-refractivity contribution in [3.05, 3.63) is 89.2 Å². The largest absolute Gasteiger partial charge is 0.493 e. The molecule has 32 heavy (non-hydrogen) atoms. The highest BCUT2D eigenvalue weighted by Crippen LogP contribution is 2.42. The summed E-state index contributed by atoms with van der Waals surface area (Å²) >= 11 is 0. The first kappa shape index (κ1) is 21.4. The summed E-state index contributed by atoms with van der Waals surface area (Å²) in [7, 11) is 1.55. The van der Waals surface area contributed by atoms with Crippen molar-refractivity contribution in [2.24, 2.45) is 5.73 Å². The molecular formula is C25H25N3O4. The summed E-state index contributed by atoms with van der Waals surface area (Å²) in [6.45, 7) is 2.74. The molecule has 0 saturated heterocycles. The number of amides is 2. The van der Waals surface area contributed by atoms with E-state index in [1.807, 2.05) is 31.2 Å². The van der Waals surface area contributed by atoms with Crippen molar-refractivity contribution in [1.29, 1.82) is 0 Å². The predicted molar refractivity (Wildman–Crippen MR) is 119 cm³/mol. The van der Waals surface area contributed by atoms with Crippen LogP contribution in [-0.2, 0) is 11.3 Å². The normalized spacial score (nSPS) is 14.6. The van der Waals surface area contributed by atoms with Gasteiger partial charge in [0.25, 0.3) is 5.91 Å². The number of nitrogens with zero attached hydrogens (tertiary/aromatic N) is 2. The molecule has 0 radical (unpaired) electrons. The first-order chi connectivity index (χ1) is 15.5. The number of aromatic nitrogens is 1. The van der Waals surface area contributed by atoms with Gasteiger partial charge < -0.3 is 20.1 Å². The number of primary amides is 1. The lowest BCUT2D eigenvalue weighted by Crippen LogP contribution is -2.39. The highest BCUT2D eigenvalue weighted by atomic mass is 16.5. The maximum Gasteiger partial charge on any atom is 0.255 e. The molecule has 2 aromatic carbocycles. The lowest BCUT2D eigenvalue weighted by molar-refractivity contribution is -0.121. The van der Waals surface area contributed by atoms with Crippen LogP contribution in [0.1, 0.15) is 46.1 Å². The fraction of sp³-hybridized carbons (Fsp3) is 0.240. The second-order valence-corrected chi connectivity index (χ2v) is 7.51. The molecule has 1 aliphatic rings. The number of nitrogens with two attached hydrogens (primary N) is 1. The van der Waals surface area contributed by atoms with E-state index in [2.05, 4.69) is 4.98 Å². The molecule has 7 heteroatoms. The molecular weight excluding hydrogens is 406 g/mol. The Kier molecular flexibility index (Phi) is 6.07. The Bertz CT molecular complexity index is 1130. The second kappa shape index (κ2) is 9.09. The fourth-order valence-electron chi connectivity index (χ4n) is 4.22. The van der Waals surface area contributed by atoms with Crippen LogP contribution in [0.25, 0.3) is 0 Å². The van der Waals surface area contributed by atoms with Gasteiger partial charge in [-0.25, -0.2) is 0 Å². The number of carbonyl (C=O) groups excluding carboxylic acids is 2. The second-order valence-electron chi connectivity index (χ2n) is 7.51. The van der Waals surface area contributed by atoms with Gasteiger partial charge >= 0.3 is 0 Å². The van der Waals surface area contributed by atoms with Crippen LogP contribution in [0.4, 0.5) is 0 Å². The molecule has 3 aromatic rings. The minimum absolute atomic E-state index is 0.152. The number of carbonyl (C=O) groups is 2. The van der Waals surface area contributed by atoms with Gasteiger partial charge in [-0.15, -0.1) is 0 Å². The molecule has 0 saturated carbocycles. The van der Waals surface area contributed by atoms with Crippen molar-refractivity contribution >= 4 is 11.8 Å². The molecule has 164 valence electrons. The van der Waals surface area contributed by atoms with Crippen molar-refractivity contribution in [2.45, 2.75) is 25.4 Å². The summed E-state index contributed by atoms with van der Waals surface area (Å²) in [6.07, 6.45) is 1.61. The zero-order valence-electron chi connectivity index (χ0n) is 18.0. The van der Waals surface area contributed by atoms with Gasteiger partial charge in [-0.2, -0.15) is 0 Å². The van der Waals surface area contributed by atoms with Crippen LogP contribution in [-0.4, -0.2) is 35.4 Å². The number of methoxy groups -OCH3 is 1. The van der Waals surface area contributed by atoms with Gasteiger partial charge in [-0.1, -0.05) is 30.3 Å². The first-order valence-corrected chi connectivity index (χ1v) is 10.4. The molecule has 1 aromatic heterocycles. The lowest BCUT2D eigenvalue weighted by atomic mass is 9.87. The maximum atomic E-state index is 13.4. The van der Waals surface area contributed by atoms with Crippen molar-refractivity contribution in [3.8, 4) is 11.5 Å². The zero-order valence-corrected chi connectivity index (χ0v) is 18.0. The van der Waals surface area contributed by atoms with E-state index in [9.17, 15) is 9.59 Å². The molecule has 1 aliphatic heterocycles. The van der Waals surface area contributed by atoms with E-state index in [4.69, 9.17) is 15.2 Å². The van der Waals surface area contributed by atoms with Crippen LogP contribution in [0.3, 0.4) is 0 Å². The minimum Gasteiger partial charge on any atom is -0.493 e. The van der Waals surface area contributed by atoms with Gasteiger partial charge in [-0.3, -0.25) is 14.6 Å². The van der Waals surface area contributed by atoms with E-state index < -0.39 is 17.9 Å². The van der Waals surface area contributed by atoms with Gasteiger partial charge in [0, 0.05) is 18.3 Å². The van der Waals surface area contributed by atoms with E-state index in [-0.39, 0.29) is 5.91 Å². The molecule has 2 amide bonds. The summed E-state index contributed by atoms with van der Waals surface area (Å²) in [5.74, 6) is -0.465. The van der Waals surface area contributed by atoms with Gasteiger partial charge in [0.1, 0.15) is 5.92 Å². The van der Waals surface area contributed by atoms with Gasteiger partial charge in [-0.05, 0) is 48.4 Å². The van der Waals surface area contributed by atoms with Gasteiger partial charge in [0.05, 0.1) is 25.5 Å². The summed E-state index contributed by atoms with van der Waals surface area (Å²) < 4.78 is 11.2. The predicted octanol–water partition coefficient (Wildman–Crippen LogP) is 3.46. The molecule has 2 N–H and O–H groups in total. The van der Waals surface area contributed by atoms with Crippen LogP contribution in [0.15, 0.2) is 66.9 Å². The average Bonchev–Trinajstić information content (AvgIpc) is 3.14. The number of benzene rings is 2. The summed E-state index contributed by atoms with van der Waals surface area (Å²) in [4.78, 5) is 32.2. The van der Waals surface area contributed by atoms with Crippen LogP contribution in [0.5, 0.6) is 11.5 Å². The number of fused-ring (bicyclic) bond motifs is 1. The topological polar surface area (TPSA) is 94.8 Å². The Morgan fingerprint density at radius 1 is 1.12 bits per heavy atom. The molecule has 2 atom stereocenters. The summed E-state index contributed by atoms with van der Waals surface area (Å²) in [5.41, 5.74) is 8.64. The number of hydrogen-bond donors (Lipinski definition) is 1. The molecule has 0 fully saturated rings. The molecule has 0 aliphatic carbocycles. The maximum absolute atomic E-state index is 13.4. The van der Waals surface area contributed by atoms with Crippen molar-refractivity contribution in [3.63, 3.8) is 0 Å². The monoisotopic (exact) mass is 431 g/mol. The quantitative estimate of drug-likeness (QED) is 0.589. The highest BCUT2D eigenvalue weighted by molar-refractivity contribution is 5.99. The Labute approximate surface area is 186 Å². The Morgan fingerprint density at radius 3 is 2.56 bits per heavy atom. The third-order valence-corrected chi connectivity index (χ3v) is 5.64. The minimum atomic E-state index is -0.850. The molecule has 4 rings (SSSR count). The summed E-state index contributed by atoms with van der Waals surface area (Å²) in [5, 5.41) is 0. The Morgan fingerprint density at radius 2 is 1.91 bits per heavy atom. The van der Waals surface area contributed by atoms with Gasteiger partial charge in [0.15, 0.2) is 11.5 Å². The number of rotatable bonds is 8. The first-order valence-electron chi connectivity index (χ1n) is 10.4.